The lowest BCUT2D eigenvalue weighted by Gasteiger charge is -2.05. The summed E-state index contributed by atoms with van der Waals surface area (Å²) in [7, 11) is 0. The van der Waals surface area contributed by atoms with Crippen molar-refractivity contribution in [2.24, 2.45) is 0 Å². The van der Waals surface area contributed by atoms with Crippen molar-refractivity contribution >= 4 is 17.6 Å². The third-order valence-electron chi connectivity index (χ3n) is 3.74. The molecule has 0 amide bonds. The van der Waals surface area contributed by atoms with Gasteiger partial charge in [-0.25, -0.2) is 0 Å². The summed E-state index contributed by atoms with van der Waals surface area (Å²) < 4.78 is 5.25. The molecule has 0 saturated heterocycles. The number of nitrogens with zero attached hydrogens (tertiary/aromatic N) is 1. The van der Waals surface area contributed by atoms with Crippen molar-refractivity contribution < 1.29 is 9.53 Å². The van der Waals surface area contributed by atoms with Gasteiger partial charge in [0.05, 0.1) is 18.2 Å². The monoisotopic (exact) mass is 341 g/mol. The number of hydrogen-bond donors (Lipinski definition) is 0. The highest BCUT2D eigenvalue weighted by Crippen LogP contribution is 2.11. The van der Waals surface area contributed by atoms with Crippen LogP contribution in [0.2, 0.25) is 5.02 Å². The van der Waals surface area contributed by atoms with Crippen molar-refractivity contribution in [3.05, 3.63) is 70.2 Å². The van der Waals surface area contributed by atoms with E-state index < -0.39 is 0 Å². The molecule has 2 aromatic carbocycles. The van der Waals surface area contributed by atoms with Gasteiger partial charge in [0.1, 0.15) is 0 Å². The predicted octanol–water partition coefficient (Wildman–Crippen LogP) is 4.71. The number of unbranched alkanes of at least 4 members (excludes halogenated alkanes) is 1. The smallest absolute Gasteiger partial charge is 0.306 e. The second-order valence-corrected chi connectivity index (χ2v) is 6.05. The Morgan fingerprint density at radius 3 is 2.25 bits per heavy atom. The second-order valence-electron chi connectivity index (χ2n) is 5.61. The van der Waals surface area contributed by atoms with Gasteiger partial charge in [0.2, 0.25) is 0 Å². The Bertz CT molecular complexity index is 687. The Labute approximate surface area is 147 Å². The molecule has 24 heavy (non-hydrogen) atoms. The molecule has 0 saturated carbocycles. The Kier molecular flexibility index (Phi) is 7.32. The van der Waals surface area contributed by atoms with Crippen molar-refractivity contribution in [2.75, 3.05) is 6.61 Å². The molecule has 0 radical (unpaired) electrons. The first-order valence-corrected chi connectivity index (χ1v) is 8.44. The Morgan fingerprint density at radius 2 is 1.58 bits per heavy atom. The molecule has 0 aromatic heterocycles. The van der Waals surface area contributed by atoms with E-state index in [9.17, 15) is 4.79 Å². The topological polar surface area (TPSA) is 50.1 Å². The van der Waals surface area contributed by atoms with Gasteiger partial charge < -0.3 is 4.74 Å². The number of halogens is 1. The molecule has 4 heteroatoms. The summed E-state index contributed by atoms with van der Waals surface area (Å²) >= 11 is 5.83. The third-order valence-corrected chi connectivity index (χ3v) is 3.99. The zero-order valence-electron chi connectivity index (χ0n) is 13.5. The standard InChI is InChI=1S/C20H20ClNO2/c21-19-11-8-17(9-12-19)10-13-20(23)24-14-2-1-3-16-4-6-18(15-22)7-5-16/h4-9,11-12H,1-3,10,13-14H2. The molecule has 0 aliphatic heterocycles. The number of hydrogen-bond acceptors (Lipinski definition) is 3. The molecule has 0 aliphatic rings. The van der Waals surface area contributed by atoms with Gasteiger partial charge in [-0.05, 0) is 61.1 Å². The SMILES string of the molecule is N#Cc1ccc(CCCCOC(=O)CCc2ccc(Cl)cc2)cc1. The van der Waals surface area contributed by atoms with Crippen LogP contribution < -0.4 is 0 Å². The minimum Gasteiger partial charge on any atom is -0.466 e. The molecule has 0 bridgehead atoms. The normalized spacial score (nSPS) is 10.2. The molecule has 3 nitrogen and oxygen atoms in total. The van der Waals surface area contributed by atoms with Crippen LogP contribution in [0.25, 0.3) is 0 Å². The minimum absolute atomic E-state index is 0.164. The molecule has 0 unspecified atom stereocenters. The molecular weight excluding hydrogens is 322 g/mol. The summed E-state index contributed by atoms with van der Waals surface area (Å²) in [4.78, 5) is 11.7. The lowest BCUT2D eigenvalue weighted by molar-refractivity contribution is -0.143. The van der Waals surface area contributed by atoms with Crippen LogP contribution in [-0.2, 0) is 22.4 Å². The van der Waals surface area contributed by atoms with Crippen molar-refractivity contribution in [3.8, 4) is 6.07 Å². The van der Waals surface area contributed by atoms with Crippen molar-refractivity contribution in [3.63, 3.8) is 0 Å². The number of ether oxygens (including phenoxy) is 1. The molecule has 0 aliphatic carbocycles. The van der Waals surface area contributed by atoms with E-state index in [2.05, 4.69) is 6.07 Å². The average Bonchev–Trinajstić information content (AvgIpc) is 2.61. The molecular formula is C20H20ClNO2. The zero-order valence-corrected chi connectivity index (χ0v) is 14.3. The summed E-state index contributed by atoms with van der Waals surface area (Å²) in [5.74, 6) is -0.164. The maximum Gasteiger partial charge on any atom is 0.306 e. The molecule has 0 fully saturated rings. The van der Waals surface area contributed by atoms with E-state index in [0.717, 1.165) is 24.8 Å². The fraction of sp³-hybridized carbons (Fsp3) is 0.300. The summed E-state index contributed by atoms with van der Waals surface area (Å²) in [6.07, 6.45) is 3.77. The van der Waals surface area contributed by atoms with E-state index in [1.54, 1.807) is 0 Å². The number of esters is 1. The second kappa shape index (κ2) is 9.75. The van der Waals surface area contributed by atoms with Gasteiger partial charge in [-0.2, -0.15) is 5.26 Å². The Morgan fingerprint density at radius 1 is 0.958 bits per heavy atom. The highest BCUT2D eigenvalue weighted by atomic mass is 35.5. The van der Waals surface area contributed by atoms with E-state index in [0.29, 0.717) is 30.0 Å². The van der Waals surface area contributed by atoms with Crippen LogP contribution >= 0.6 is 11.6 Å². The van der Waals surface area contributed by atoms with Crippen molar-refractivity contribution in [1.82, 2.24) is 0 Å². The summed E-state index contributed by atoms with van der Waals surface area (Å²) in [6, 6.07) is 17.2. The van der Waals surface area contributed by atoms with E-state index >= 15 is 0 Å². The van der Waals surface area contributed by atoms with E-state index in [4.69, 9.17) is 21.6 Å². The Balaban J connectivity index is 1.57. The van der Waals surface area contributed by atoms with E-state index in [1.807, 2.05) is 48.5 Å². The van der Waals surface area contributed by atoms with Gasteiger partial charge in [-0.1, -0.05) is 35.9 Å². The van der Waals surface area contributed by atoms with Gasteiger partial charge >= 0.3 is 5.97 Å². The van der Waals surface area contributed by atoms with E-state index in [-0.39, 0.29) is 5.97 Å². The molecule has 2 aromatic rings. The van der Waals surface area contributed by atoms with Crippen LogP contribution in [-0.4, -0.2) is 12.6 Å². The van der Waals surface area contributed by atoms with Crippen molar-refractivity contribution in [2.45, 2.75) is 32.1 Å². The highest BCUT2D eigenvalue weighted by Gasteiger charge is 2.04. The minimum atomic E-state index is -0.164. The largest absolute Gasteiger partial charge is 0.466 e. The summed E-state index contributed by atoms with van der Waals surface area (Å²) in [5, 5.41) is 9.45. The van der Waals surface area contributed by atoms with Gasteiger partial charge in [-0.3, -0.25) is 4.79 Å². The lowest BCUT2D eigenvalue weighted by Crippen LogP contribution is -2.07. The first-order chi connectivity index (χ1) is 11.7. The molecule has 0 N–H and O–H groups in total. The summed E-state index contributed by atoms with van der Waals surface area (Å²) in [5.41, 5.74) is 2.95. The maximum absolute atomic E-state index is 11.7. The molecule has 124 valence electrons. The first kappa shape index (κ1) is 18.0. The molecule has 0 heterocycles. The fourth-order valence-corrected chi connectivity index (χ4v) is 2.46. The van der Waals surface area contributed by atoms with Crippen LogP contribution in [0.5, 0.6) is 0 Å². The van der Waals surface area contributed by atoms with Crippen LogP contribution in [0.3, 0.4) is 0 Å². The highest BCUT2D eigenvalue weighted by molar-refractivity contribution is 6.30. The van der Waals surface area contributed by atoms with Gasteiger partial charge in [-0.15, -0.1) is 0 Å². The lowest BCUT2D eigenvalue weighted by atomic mass is 10.1. The maximum atomic E-state index is 11.7. The fourth-order valence-electron chi connectivity index (χ4n) is 2.33. The number of nitriles is 1. The van der Waals surface area contributed by atoms with Gasteiger partial charge in [0.15, 0.2) is 0 Å². The molecule has 0 spiro atoms. The average molecular weight is 342 g/mol. The number of aryl methyl sites for hydroxylation is 2. The van der Waals surface area contributed by atoms with Crippen molar-refractivity contribution in [1.29, 1.82) is 5.26 Å². The van der Waals surface area contributed by atoms with Crippen LogP contribution in [0.15, 0.2) is 48.5 Å². The van der Waals surface area contributed by atoms with Crippen LogP contribution in [0.4, 0.5) is 0 Å². The van der Waals surface area contributed by atoms with Crippen LogP contribution in [0.1, 0.15) is 36.0 Å². The third kappa shape index (κ3) is 6.44. The number of carbonyl (C=O) groups excluding carboxylic acids is 1. The number of rotatable bonds is 8. The first-order valence-electron chi connectivity index (χ1n) is 8.06. The zero-order chi connectivity index (χ0) is 17.2. The Hall–Kier alpha value is -2.31. The summed E-state index contributed by atoms with van der Waals surface area (Å²) in [6.45, 7) is 0.454. The quantitative estimate of drug-likeness (QED) is 0.516. The number of carbonyl (C=O) groups is 1. The van der Waals surface area contributed by atoms with E-state index in [1.165, 1.54) is 5.56 Å². The molecule has 0 atom stereocenters. The van der Waals surface area contributed by atoms with Crippen LogP contribution in [0, 0.1) is 11.3 Å². The van der Waals surface area contributed by atoms with Gasteiger partial charge in [0.25, 0.3) is 0 Å². The molecule has 2 rings (SSSR count). The predicted molar refractivity (Wildman–Crippen MR) is 94.8 cm³/mol. The number of benzene rings is 2. The van der Waals surface area contributed by atoms with Gasteiger partial charge in [0, 0.05) is 11.4 Å².